The molecule has 0 aromatic heterocycles. The maximum absolute atomic E-state index is 12.1. The van der Waals surface area contributed by atoms with Gasteiger partial charge in [0.1, 0.15) is 0 Å². The lowest BCUT2D eigenvalue weighted by atomic mass is 10.1. The average molecular weight is 416 g/mol. The summed E-state index contributed by atoms with van der Waals surface area (Å²) in [6, 6.07) is 9.57. The van der Waals surface area contributed by atoms with Gasteiger partial charge in [-0.2, -0.15) is 0 Å². The minimum absolute atomic E-state index is 0.179. The number of ether oxygens (including phenoxy) is 4. The first-order valence-corrected chi connectivity index (χ1v) is 8.98. The summed E-state index contributed by atoms with van der Waals surface area (Å²) in [5.74, 6) is 0.0624. The number of anilines is 1. The van der Waals surface area contributed by atoms with Gasteiger partial charge >= 0.3 is 5.97 Å². The summed E-state index contributed by atoms with van der Waals surface area (Å²) < 4.78 is 20.8. The van der Waals surface area contributed by atoms with Crippen LogP contribution in [0.5, 0.6) is 17.2 Å². The van der Waals surface area contributed by atoms with Crippen LogP contribution in [-0.4, -0.2) is 45.7 Å². The van der Waals surface area contributed by atoms with Crippen LogP contribution in [0.25, 0.3) is 0 Å². The molecule has 0 unspecified atom stereocenters. The molecule has 0 radical (unpaired) electrons. The van der Waals surface area contributed by atoms with Gasteiger partial charge < -0.3 is 29.6 Å². The van der Waals surface area contributed by atoms with Gasteiger partial charge in [0, 0.05) is 19.2 Å². The van der Waals surface area contributed by atoms with Crippen molar-refractivity contribution >= 4 is 23.5 Å². The van der Waals surface area contributed by atoms with E-state index in [4.69, 9.17) is 18.9 Å². The fraction of sp³-hybridized carbons (Fsp3) is 0.286. The van der Waals surface area contributed by atoms with Crippen molar-refractivity contribution in [3.8, 4) is 17.2 Å². The number of hydrogen-bond donors (Lipinski definition) is 2. The molecule has 0 saturated heterocycles. The molecule has 0 aliphatic rings. The third-order valence-corrected chi connectivity index (χ3v) is 3.99. The second-order valence-corrected chi connectivity index (χ2v) is 6.14. The first-order chi connectivity index (χ1) is 14.4. The van der Waals surface area contributed by atoms with Gasteiger partial charge in [-0.05, 0) is 42.0 Å². The van der Waals surface area contributed by atoms with E-state index in [0.29, 0.717) is 22.9 Å². The Bertz CT molecular complexity index is 885. The highest BCUT2D eigenvalue weighted by Crippen LogP contribution is 2.38. The quantitative estimate of drug-likeness (QED) is 0.602. The van der Waals surface area contributed by atoms with Crippen molar-refractivity contribution in [2.24, 2.45) is 0 Å². The van der Waals surface area contributed by atoms with E-state index in [-0.39, 0.29) is 18.0 Å². The van der Waals surface area contributed by atoms with Crippen LogP contribution < -0.4 is 24.8 Å². The van der Waals surface area contributed by atoms with E-state index in [1.54, 1.807) is 24.3 Å². The smallest absolute Gasteiger partial charge is 0.338 e. The Labute approximate surface area is 174 Å². The number of nitrogens with one attached hydrogen (secondary N) is 2. The number of amides is 2. The highest BCUT2D eigenvalue weighted by Gasteiger charge is 2.14. The molecule has 0 bridgehead atoms. The van der Waals surface area contributed by atoms with E-state index < -0.39 is 18.5 Å². The normalized spacial score (nSPS) is 10.0. The summed E-state index contributed by atoms with van der Waals surface area (Å²) in [7, 11) is 4.51. The van der Waals surface area contributed by atoms with Crippen molar-refractivity contribution in [1.29, 1.82) is 0 Å². The summed E-state index contributed by atoms with van der Waals surface area (Å²) in [5.41, 5.74) is 1.54. The molecule has 160 valence electrons. The largest absolute Gasteiger partial charge is 0.493 e. The Kier molecular flexibility index (Phi) is 8.04. The van der Waals surface area contributed by atoms with Crippen molar-refractivity contribution in [2.75, 3.05) is 33.3 Å². The number of hydrogen-bond acceptors (Lipinski definition) is 7. The van der Waals surface area contributed by atoms with E-state index >= 15 is 0 Å². The van der Waals surface area contributed by atoms with Gasteiger partial charge in [0.05, 0.1) is 26.9 Å². The minimum atomic E-state index is -0.646. The molecule has 0 spiro atoms. The third kappa shape index (κ3) is 6.13. The second-order valence-electron chi connectivity index (χ2n) is 6.14. The summed E-state index contributed by atoms with van der Waals surface area (Å²) in [6.45, 7) is 1.13. The Morgan fingerprint density at radius 3 is 2.00 bits per heavy atom. The number of rotatable bonds is 9. The van der Waals surface area contributed by atoms with Crippen LogP contribution in [0, 0.1) is 0 Å². The zero-order valence-electron chi connectivity index (χ0n) is 17.2. The van der Waals surface area contributed by atoms with Crippen molar-refractivity contribution < 1.29 is 33.3 Å². The summed E-state index contributed by atoms with van der Waals surface area (Å²) in [4.78, 5) is 35.1. The molecule has 0 heterocycles. The molecule has 0 fully saturated rings. The fourth-order valence-corrected chi connectivity index (χ4v) is 2.60. The molecule has 0 aliphatic carbocycles. The highest BCUT2D eigenvalue weighted by molar-refractivity contribution is 5.93. The minimum Gasteiger partial charge on any atom is -0.493 e. The maximum Gasteiger partial charge on any atom is 0.338 e. The summed E-state index contributed by atoms with van der Waals surface area (Å²) in [6.07, 6.45) is 0. The van der Waals surface area contributed by atoms with Gasteiger partial charge in [-0.3, -0.25) is 9.59 Å². The molecule has 9 nitrogen and oxygen atoms in total. The van der Waals surface area contributed by atoms with Crippen molar-refractivity contribution in [3.05, 3.63) is 47.5 Å². The topological polar surface area (TPSA) is 112 Å². The molecular formula is C21H24N2O7. The van der Waals surface area contributed by atoms with E-state index in [9.17, 15) is 14.4 Å². The molecule has 2 rings (SSSR count). The Morgan fingerprint density at radius 1 is 0.900 bits per heavy atom. The van der Waals surface area contributed by atoms with Gasteiger partial charge in [0.25, 0.3) is 5.91 Å². The molecule has 2 aromatic carbocycles. The number of benzene rings is 2. The Balaban J connectivity index is 1.89. The highest BCUT2D eigenvalue weighted by atomic mass is 16.5. The standard InChI is InChI=1S/C21H24N2O7/c1-13(24)23-16-7-5-15(6-8-16)21(26)30-12-19(25)22-11-14-9-17(27-2)20(29-4)18(10-14)28-3/h5-10H,11-12H2,1-4H3,(H,22,25)(H,23,24). The Morgan fingerprint density at radius 2 is 1.50 bits per heavy atom. The molecule has 2 aromatic rings. The number of carbonyl (C=O) groups is 3. The Hall–Kier alpha value is -3.75. The molecule has 9 heteroatoms. The predicted molar refractivity (Wildman–Crippen MR) is 109 cm³/mol. The lowest BCUT2D eigenvalue weighted by molar-refractivity contribution is -0.124. The van der Waals surface area contributed by atoms with Crippen LogP contribution >= 0.6 is 0 Å². The van der Waals surface area contributed by atoms with E-state index in [2.05, 4.69) is 10.6 Å². The zero-order valence-corrected chi connectivity index (χ0v) is 17.2. The average Bonchev–Trinajstić information content (AvgIpc) is 2.75. The first-order valence-electron chi connectivity index (χ1n) is 8.98. The van der Waals surface area contributed by atoms with Crippen LogP contribution in [0.3, 0.4) is 0 Å². The van der Waals surface area contributed by atoms with E-state index in [1.165, 1.54) is 40.4 Å². The second kappa shape index (κ2) is 10.7. The summed E-state index contributed by atoms with van der Waals surface area (Å²) >= 11 is 0. The lowest BCUT2D eigenvalue weighted by Crippen LogP contribution is -2.28. The van der Waals surface area contributed by atoms with Crippen molar-refractivity contribution in [2.45, 2.75) is 13.5 Å². The molecule has 30 heavy (non-hydrogen) atoms. The molecule has 2 amide bonds. The van der Waals surface area contributed by atoms with Crippen LogP contribution in [0.2, 0.25) is 0 Å². The molecule has 0 aliphatic heterocycles. The monoisotopic (exact) mass is 416 g/mol. The SMILES string of the molecule is COc1cc(CNC(=O)COC(=O)c2ccc(NC(C)=O)cc2)cc(OC)c1OC. The van der Waals surface area contributed by atoms with Crippen molar-refractivity contribution in [3.63, 3.8) is 0 Å². The molecule has 0 atom stereocenters. The van der Waals surface area contributed by atoms with Crippen LogP contribution in [0.1, 0.15) is 22.8 Å². The molecular weight excluding hydrogens is 392 g/mol. The number of carbonyl (C=O) groups excluding carboxylic acids is 3. The molecule has 2 N–H and O–H groups in total. The lowest BCUT2D eigenvalue weighted by Gasteiger charge is -2.14. The third-order valence-electron chi connectivity index (χ3n) is 3.99. The zero-order chi connectivity index (χ0) is 22.1. The number of methoxy groups -OCH3 is 3. The van der Waals surface area contributed by atoms with E-state index in [0.717, 1.165) is 5.56 Å². The van der Waals surface area contributed by atoms with Gasteiger partial charge in [-0.25, -0.2) is 4.79 Å². The van der Waals surface area contributed by atoms with Gasteiger partial charge in [-0.15, -0.1) is 0 Å². The van der Waals surface area contributed by atoms with Crippen LogP contribution in [0.4, 0.5) is 5.69 Å². The van der Waals surface area contributed by atoms with Gasteiger partial charge in [0.15, 0.2) is 18.1 Å². The summed E-state index contributed by atoms with van der Waals surface area (Å²) in [5, 5.41) is 5.26. The van der Waals surface area contributed by atoms with E-state index in [1.807, 2.05) is 0 Å². The van der Waals surface area contributed by atoms with Crippen LogP contribution in [-0.2, 0) is 20.9 Å². The fourth-order valence-electron chi connectivity index (χ4n) is 2.60. The van der Waals surface area contributed by atoms with Gasteiger partial charge in [0.2, 0.25) is 11.7 Å². The molecule has 0 saturated carbocycles. The maximum atomic E-state index is 12.1. The number of esters is 1. The van der Waals surface area contributed by atoms with Crippen molar-refractivity contribution in [1.82, 2.24) is 5.32 Å². The van der Waals surface area contributed by atoms with Gasteiger partial charge in [-0.1, -0.05) is 0 Å². The first kappa shape index (κ1) is 22.5. The van der Waals surface area contributed by atoms with Crippen LogP contribution in [0.15, 0.2) is 36.4 Å². The predicted octanol–water partition coefficient (Wildman–Crippen LogP) is 2.14.